The van der Waals surface area contributed by atoms with Crippen molar-refractivity contribution in [3.8, 4) is 0 Å². The monoisotopic (exact) mass is 346 g/mol. The first-order valence-electron chi connectivity index (χ1n) is 9.66. The van der Waals surface area contributed by atoms with Gasteiger partial charge in [-0.25, -0.2) is 0 Å². The van der Waals surface area contributed by atoms with E-state index in [0.29, 0.717) is 24.7 Å². The number of aliphatic hydroxyl groups excluding tert-OH is 2. The van der Waals surface area contributed by atoms with Crippen LogP contribution in [0.15, 0.2) is 23.8 Å². The smallest absolute Gasteiger partial charge is 0.178 e. The molecule has 4 aliphatic carbocycles. The topological polar surface area (TPSA) is 77.8 Å². The van der Waals surface area contributed by atoms with Crippen molar-refractivity contribution in [1.29, 1.82) is 0 Å². The highest BCUT2D eigenvalue weighted by molar-refractivity contribution is 6.01. The summed E-state index contributed by atoms with van der Waals surface area (Å²) >= 11 is 0. The van der Waals surface area contributed by atoms with E-state index in [-0.39, 0.29) is 17.1 Å². The highest BCUT2D eigenvalue weighted by Gasteiger charge is 2.67. The zero-order chi connectivity index (χ0) is 18.2. The fraction of sp³-hybridized carbons (Fsp3) is 0.762. The lowest BCUT2D eigenvalue weighted by Gasteiger charge is -2.60. The summed E-state index contributed by atoms with van der Waals surface area (Å²) in [6.07, 6.45) is 7.88. The molecule has 0 aromatic heterocycles. The van der Waals surface area contributed by atoms with Gasteiger partial charge in [0, 0.05) is 16.7 Å². The number of carbonyl (C=O) groups is 1. The highest BCUT2D eigenvalue weighted by Crippen LogP contribution is 2.67. The molecule has 4 heteroatoms. The first kappa shape index (κ1) is 17.4. The molecule has 0 aromatic carbocycles. The summed E-state index contributed by atoms with van der Waals surface area (Å²) < 4.78 is 0. The second-order valence-electron chi connectivity index (χ2n) is 9.35. The Morgan fingerprint density at radius 3 is 2.68 bits per heavy atom. The van der Waals surface area contributed by atoms with E-state index in [2.05, 4.69) is 13.8 Å². The van der Waals surface area contributed by atoms with Crippen LogP contribution in [0, 0.1) is 28.6 Å². The maximum absolute atomic E-state index is 11.8. The van der Waals surface area contributed by atoms with Gasteiger partial charge in [-0.05, 0) is 63.0 Å². The van der Waals surface area contributed by atoms with Crippen molar-refractivity contribution < 1.29 is 20.1 Å². The predicted molar refractivity (Wildman–Crippen MR) is 94.6 cm³/mol. The normalized spacial score (nSPS) is 52.9. The van der Waals surface area contributed by atoms with Crippen molar-refractivity contribution in [2.24, 2.45) is 28.6 Å². The third-order valence-electron chi connectivity index (χ3n) is 8.40. The predicted octanol–water partition coefficient (Wildman–Crippen LogP) is 2.38. The summed E-state index contributed by atoms with van der Waals surface area (Å²) in [6, 6.07) is 0. The van der Waals surface area contributed by atoms with Crippen molar-refractivity contribution in [2.75, 3.05) is 0 Å². The second kappa shape index (κ2) is 5.28. The summed E-state index contributed by atoms with van der Waals surface area (Å²) in [5, 5.41) is 32.7. The molecule has 4 aliphatic rings. The molecule has 0 aromatic rings. The van der Waals surface area contributed by atoms with E-state index in [1.165, 1.54) is 0 Å². The van der Waals surface area contributed by atoms with E-state index >= 15 is 0 Å². The number of aliphatic hydroxyl groups is 3. The van der Waals surface area contributed by atoms with Crippen LogP contribution in [0.25, 0.3) is 0 Å². The molecule has 3 N–H and O–H groups in total. The zero-order valence-electron chi connectivity index (χ0n) is 15.4. The van der Waals surface area contributed by atoms with Crippen molar-refractivity contribution >= 4 is 5.78 Å². The van der Waals surface area contributed by atoms with Gasteiger partial charge < -0.3 is 15.3 Å². The quantitative estimate of drug-likeness (QED) is 0.681. The van der Waals surface area contributed by atoms with Crippen LogP contribution in [-0.4, -0.2) is 38.9 Å². The molecule has 138 valence electrons. The SMILES string of the molecule is C[C@H](O)[C@@]1(O)CC[C@H]2[C@@H]3CCC4=CC(=O)C=C[C@]4(C)[C@H]3[C@@H](O)C[C@@]21C. The van der Waals surface area contributed by atoms with E-state index in [1.54, 1.807) is 19.1 Å². The van der Waals surface area contributed by atoms with Gasteiger partial charge >= 0.3 is 0 Å². The second-order valence-corrected chi connectivity index (χ2v) is 9.35. The lowest BCUT2D eigenvalue weighted by molar-refractivity contribution is -0.194. The van der Waals surface area contributed by atoms with E-state index in [9.17, 15) is 20.1 Å². The molecule has 0 unspecified atom stereocenters. The molecule has 0 saturated heterocycles. The largest absolute Gasteiger partial charge is 0.393 e. The van der Waals surface area contributed by atoms with Gasteiger partial charge in [-0.1, -0.05) is 25.5 Å². The Balaban J connectivity index is 1.75. The Morgan fingerprint density at radius 2 is 2.00 bits per heavy atom. The van der Waals surface area contributed by atoms with E-state index < -0.39 is 23.2 Å². The average molecular weight is 346 g/mol. The van der Waals surface area contributed by atoms with E-state index in [4.69, 9.17) is 0 Å². The van der Waals surface area contributed by atoms with Crippen LogP contribution in [-0.2, 0) is 4.79 Å². The van der Waals surface area contributed by atoms with Crippen LogP contribution in [0.4, 0.5) is 0 Å². The number of fused-ring (bicyclic) bond motifs is 5. The van der Waals surface area contributed by atoms with Crippen molar-refractivity contribution in [2.45, 2.75) is 70.7 Å². The Hall–Kier alpha value is -0.970. The molecule has 8 atom stereocenters. The maximum atomic E-state index is 11.8. The zero-order valence-corrected chi connectivity index (χ0v) is 15.4. The van der Waals surface area contributed by atoms with Gasteiger partial charge in [0.05, 0.1) is 17.8 Å². The maximum Gasteiger partial charge on any atom is 0.178 e. The van der Waals surface area contributed by atoms with Crippen molar-refractivity contribution in [1.82, 2.24) is 0 Å². The number of carbonyl (C=O) groups excluding carboxylic acids is 1. The van der Waals surface area contributed by atoms with Crippen molar-refractivity contribution in [3.63, 3.8) is 0 Å². The summed E-state index contributed by atoms with van der Waals surface area (Å²) in [7, 11) is 0. The first-order valence-corrected chi connectivity index (χ1v) is 9.66. The summed E-state index contributed by atoms with van der Waals surface area (Å²) in [5.74, 6) is 0.725. The molecule has 4 nitrogen and oxygen atoms in total. The molecule has 3 saturated carbocycles. The number of rotatable bonds is 1. The molecule has 0 aliphatic heterocycles. The first-order chi connectivity index (χ1) is 11.6. The lowest BCUT2D eigenvalue weighted by Crippen LogP contribution is -2.61. The van der Waals surface area contributed by atoms with Gasteiger partial charge in [0.15, 0.2) is 5.78 Å². The Morgan fingerprint density at radius 1 is 1.28 bits per heavy atom. The number of allylic oxidation sites excluding steroid dienone is 4. The van der Waals surface area contributed by atoms with E-state index in [1.807, 2.05) is 6.08 Å². The molecule has 4 rings (SSSR count). The van der Waals surface area contributed by atoms with Gasteiger partial charge in [0.1, 0.15) is 0 Å². The van der Waals surface area contributed by atoms with Gasteiger partial charge in [0.25, 0.3) is 0 Å². The lowest BCUT2D eigenvalue weighted by atomic mass is 9.46. The third-order valence-corrected chi connectivity index (χ3v) is 8.40. The fourth-order valence-electron chi connectivity index (χ4n) is 7.05. The minimum Gasteiger partial charge on any atom is -0.393 e. The van der Waals surface area contributed by atoms with Crippen LogP contribution >= 0.6 is 0 Å². The molecule has 25 heavy (non-hydrogen) atoms. The number of hydrogen-bond acceptors (Lipinski definition) is 4. The van der Waals surface area contributed by atoms with Crippen LogP contribution in [0.3, 0.4) is 0 Å². The van der Waals surface area contributed by atoms with Crippen LogP contribution in [0.2, 0.25) is 0 Å². The minimum absolute atomic E-state index is 0.0467. The number of hydrogen-bond donors (Lipinski definition) is 3. The highest BCUT2D eigenvalue weighted by atomic mass is 16.3. The van der Waals surface area contributed by atoms with Crippen LogP contribution in [0.5, 0.6) is 0 Å². The summed E-state index contributed by atoms with van der Waals surface area (Å²) in [5.41, 5.74) is -0.719. The molecule has 0 radical (unpaired) electrons. The third kappa shape index (κ3) is 2.08. The average Bonchev–Trinajstić information content (AvgIpc) is 2.80. The standard InChI is InChI=1S/C21H30O4/c1-12(22)21(25)9-7-16-15-5-4-13-10-14(23)6-8-19(13,2)18(15)17(24)11-20(16,21)3/h6,8,10,12,15-18,22,24-25H,4-5,7,9,11H2,1-3H3/t12-,15-,16-,17-,18+,19-,20-,21-/m0/s1. The minimum atomic E-state index is -1.13. The van der Waals surface area contributed by atoms with Gasteiger partial charge in [-0.2, -0.15) is 0 Å². The van der Waals surface area contributed by atoms with Gasteiger partial charge in [-0.15, -0.1) is 0 Å². The van der Waals surface area contributed by atoms with Crippen molar-refractivity contribution in [3.05, 3.63) is 23.8 Å². The molecular weight excluding hydrogens is 316 g/mol. The van der Waals surface area contributed by atoms with Crippen LogP contribution < -0.4 is 0 Å². The van der Waals surface area contributed by atoms with Gasteiger partial charge in [-0.3, -0.25) is 4.79 Å². The molecule has 0 bridgehead atoms. The summed E-state index contributed by atoms with van der Waals surface area (Å²) in [4.78, 5) is 11.8. The van der Waals surface area contributed by atoms with E-state index in [0.717, 1.165) is 24.8 Å². The molecule has 3 fully saturated rings. The Labute approximate surface area is 149 Å². The van der Waals surface area contributed by atoms with Gasteiger partial charge in [0.2, 0.25) is 0 Å². The Kier molecular flexibility index (Phi) is 3.68. The van der Waals surface area contributed by atoms with Crippen LogP contribution in [0.1, 0.15) is 52.9 Å². The fourth-order valence-corrected chi connectivity index (χ4v) is 7.05. The molecular formula is C21H30O4. The molecule has 0 spiro atoms. The summed E-state index contributed by atoms with van der Waals surface area (Å²) in [6.45, 7) is 5.88. The molecule has 0 heterocycles. The number of ketones is 1. The molecule has 0 amide bonds. The Bertz CT molecular complexity index is 665.